The molecule has 12 rings (SSSR count). The van der Waals surface area contributed by atoms with E-state index in [-0.39, 0.29) is 17.7 Å². The van der Waals surface area contributed by atoms with Crippen LogP contribution < -0.4 is 10.9 Å². The number of nitrogens with zero attached hydrogens (tertiary/aromatic N) is 2. The number of aryl methyl sites for hydroxylation is 4. The highest BCUT2D eigenvalue weighted by Gasteiger charge is 2.43. The Morgan fingerprint density at radius 3 is 1.67 bits per heavy atom. The average Bonchev–Trinajstić information content (AvgIpc) is 3.76. The highest BCUT2D eigenvalue weighted by Crippen LogP contribution is 2.48. The van der Waals surface area contributed by atoms with Crippen molar-refractivity contribution in [3.05, 3.63) is 173 Å². The number of fused-ring (bicyclic) bond motifs is 10. The summed E-state index contributed by atoms with van der Waals surface area (Å²) in [5.41, 5.74) is 27.2. The van der Waals surface area contributed by atoms with Crippen molar-refractivity contribution in [1.82, 2.24) is 9.05 Å². The van der Waals surface area contributed by atoms with Crippen molar-refractivity contribution in [3.63, 3.8) is 0 Å². The van der Waals surface area contributed by atoms with Gasteiger partial charge in [0.1, 0.15) is 0 Å². The SMILES string of the molecule is Cc1ccc(-c2ccc3c(c2)c2cc(-c4ccc(C)cc4)cc4c2n3-c2cc(-c3ccc(C)cc3C)cc3c2B4n2c4ccc(C(C)(C)C)cc4c4cc(C(C)(C)C)cc-3c42)cc1. The Kier molecular flexibility index (Phi) is 7.86. The summed E-state index contributed by atoms with van der Waals surface area (Å²) in [5.74, 6) is 0. The zero-order chi connectivity index (χ0) is 43.4. The minimum atomic E-state index is -0.0453. The lowest BCUT2D eigenvalue weighted by Crippen LogP contribution is -2.55. The second-order valence-corrected chi connectivity index (χ2v) is 21.0. The molecule has 0 spiro atoms. The van der Waals surface area contributed by atoms with Gasteiger partial charge in [-0.05, 0) is 160 Å². The van der Waals surface area contributed by atoms with Crippen LogP contribution in [-0.4, -0.2) is 15.9 Å². The van der Waals surface area contributed by atoms with Crippen LogP contribution in [-0.2, 0) is 10.8 Å². The summed E-state index contributed by atoms with van der Waals surface area (Å²) in [6, 6.07) is 54.7. The lowest BCUT2D eigenvalue weighted by atomic mass is 9.45. The lowest BCUT2D eigenvalue weighted by molar-refractivity contribution is 0.590. The maximum absolute atomic E-state index is 2.74. The maximum atomic E-state index is 2.74. The Bertz CT molecular complexity index is 3600. The summed E-state index contributed by atoms with van der Waals surface area (Å²) in [7, 11) is 0. The van der Waals surface area contributed by atoms with Crippen LogP contribution in [0.4, 0.5) is 0 Å². The van der Waals surface area contributed by atoms with E-state index in [4.69, 9.17) is 0 Å². The van der Waals surface area contributed by atoms with Crippen LogP contribution >= 0.6 is 0 Å². The van der Waals surface area contributed by atoms with Gasteiger partial charge in [0, 0.05) is 43.8 Å². The van der Waals surface area contributed by atoms with E-state index < -0.39 is 0 Å². The van der Waals surface area contributed by atoms with Gasteiger partial charge in [-0.3, -0.25) is 0 Å². The molecule has 0 bridgehead atoms. The molecule has 0 atom stereocenters. The molecule has 2 nitrogen and oxygen atoms in total. The van der Waals surface area contributed by atoms with Crippen molar-refractivity contribution >= 4 is 61.4 Å². The van der Waals surface area contributed by atoms with Crippen molar-refractivity contribution in [2.45, 2.75) is 80.1 Å². The molecular formula is C60H53BN2. The second kappa shape index (κ2) is 13.0. The van der Waals surface area contributed by atoms with Crippen LogP contribution in [0.25, 0.3) is 93.8 Å². The van der Waals surface area contributed by atoms with E-state index in [1.54, 1.807) is 0 Å². The predicted molar refractivity (Wildman–Crippen MR) is 272 cm³/mol. The van der Waals surface area contributed by atoms with Crippen LogP contribution in [0.15, 0.2) is 140 Å². The lowest BCUT2D eigenvalue weighted by Gasteiger charge is -2.35. The third kappa shape index (κ3) is 5.58. The first-order valence-electron chi connectivity index (χ1n) is 22.8. The summed E-state index contributed by atoms with van der Waals surface area (Å²) in [6.45, 7) is 22.9. The summed E-state index contributed by atoms with van der Waals surface area (Å²) in [5, 5.41) is 5.27. The minimum Gasteiger partial charge on any atom is -0.375 e. The minimum absolute atomic E-state index is 0.0158. The fourth-order valence-electron chi connectivity index (χ4n) is 11.1. The van der Waals surface area contributed by atoms with Gasteiger partial charge in [0.2, 0.25) is 0 Å². The fourth-order valence-corrected chi connectivity index (χ4v) is 11.1. The van der Waals surface area contributed by atoms with Crippen molar-refractivity contribution < 1.29 is 0 Å². The molecule has 0 radical (unpaired) electrons. The molecule has 2 aliphatic rings. The molecule has 4 heterocycles. The Labute approximate surface area is 371 Å². The quantitative estimate of drug-likeness (QED) is 0.157. The first-order chi connectivity index (χ1) is 30.1. The van der Waals surface area contributed by atoms with E-state index in [0.717, 1.165) is 0 Å². The molecule has 0 unspecified atom stereocenters. The molecule has 0 aliphatic carbocycles. The Balaban J connectivity index is 1.29. The van der Waals surface area contributed by atoms with E-state index in [1.807, 2.05) is 0 Å². The first kappa shape index (κ1) is 38.1. The molecule has 0 saturated heterocycles. The van der Waals surface area contributed by atoms with Gasteiger partial charge in [-0.2, -0.15) is 0 Å². The van der Waals surface area contributed by atoms with Crippen molar-refractivity contribution in [2.75, 3.05) is 0 Å². The van der Waals surface area contributed by atoms with Crippen LogP contribution in [0.1, 0.15) is 74.9 Å². The normalized spacial score (nSPS) is 13.2. The van der Waals surface area contributed by atoms with Gasteiger partial charge >= 0.3 is 6.85 Å². The Hall–Kier alpha value is -6.58. The molecule has 0 amide bonds. The standard InChI is InChI=1S/C60H53BN2/c1-34-11-16-38(17-12-34)40-20-23-53-46(26-40)49-27-41(39-18-13-35(2)14-19-39)29-52-58(49)62(53)55-30-42(45-22-15-36(3)25-37(45)4)28-48-51-33-44(60(8,9)10)32-50-47-31-43(59(5,6)7)21-24-54(47)63(57(50)51)61(52)56(48)55/h11-33H,1-10H3. The molecule has 2 aromatic heterocycles. The van der Waals surface area contributed by atoms with Gasteiger partial charge in [0.05, 0.1) is 11.0 Å². The third-order valence-electron chi connectivity index (χ3n) is 14.5. The van der Waals surface area contributed by atoms with Gasteiger partial charge in [-0.1, -0.05) is 143 Å². The monoisotopic (exact) mass is 812 g/mol. The van der Waals surface area contributed by atoms with E-state index in [9.17, 15) is 0 Å². The van der Waals surface area contributed by atoms with E-state index >= 15 is 0 Å². The van der Waals surface area contributed by atoms with Crippen LogP contribution in [0.3, 0.4) is 0 Å². The molecule has 306 valence electrons. The van der Waals surface area contributed by atoms with E-state index in [1.165, 1.54) is 138 Å². The molecule has 0 fully saturated rings. The largest absolute Gasteiger partial charge is 0.375 e. The molecule has 63 heavy (non-hydrogen) atoms. The zero-order valence-corrected chi connectivity index (χ0v) is 38.3. The van der Waals surface area contributed by atoms with E-state index in [0.29, 0.717) is 0 Å². The summed E-state index contributed by atoms with van der Waals surface area (Å²) < 4.78 is 5.38. The average molecular weight is 813 g/mol. The molecule has 0 N–H and O–H groups in total. The van der Waals surface area contributed by atoms with Crippen molar-refractivity contribution in [1.29, 1.82) is 0 Å². The summed E-state index contributed by atoms with van der Waals surface area (Å²) in [4.78, 5) is 0. The zero-order valence-electron chi connectivity index (χ0n) is 38.3. The topological polar surface area (TPSA) is 9.86 Å². The predicted octanol–water partition coefficient (Wildman–Crippen LogP) is 14.7. The van der Waals surface area contributed by atoms with Gasteiger partial charge in [0.25, 0.3) is 0 Å². The third-order valence-corrected chi connectivity index (χ3v) is 14.5. The maximum Gasteiger partial charge on any atom is 0.333 e. The highest BCUT2D eigenvalue weighted by atomic mass is 15.0. The number of rotatable bonds is 3. The van der Waals surface area contributed by atoms with E-state index in [2.05, 4.69) is 218 Å². The van der Waals surface area contributed by atoms with Gasteiger partial charge in [-0.25, -0.2) is 0 Å². The summed E-state index contributed by atoms with van der Waals surface area (Å²) >= 11 is 0. The van der Waals surface area contributed by atoms with Crippen LogP contribution in [0, 0.1) is 27.7 Å². The Morgan fingerprint density at radius 1 is 0.397 bits per heavy atom. The van der Waals surface area contributed by atoms with Crippen LogP contribution in [0.2, 0.25) is 0 Å². The van der Waals surface area contributed by atoms with Gasteiger partial charge in [0.15, 0.2) is 0 Å². The molecule has 2 aliphatic heterocycles. The summed E-state index contributed by atoms with van der Waals surface area (Å²) in [6.07, 6.45) is 0. The number of hydrogen-bond donors (Lipinski definition) is 0. The number of hydrogen-bond acceptors (Lipinski definition) is 0. The molecular weight excluding hydrogens is 759 g/mol. The van der Waals surface area contributed by atoms with Gasteiger partial charge < -0.3 is 9.05 Å². The number of benzene rings is 8. The first-order valence-corrected chi connectivity index (χ1v) is 22.8. The van der Waals surface area contributed by atoms with Crippen molar-refractivity contribution in [3.8, 4) is 50.2 Å². The van der Waals surface area contributed by atoms with Crippen LogP contribution in [0.5, 0.6) is 0 Å². The highest BCUT2D eigenvalue weighted by molar-refractivity contribution is 6.90. The van der Waals surface area contributed by atoms with Gasteiger partial charge in [-0.15, -0.1) is 0 Å². The van der Waals surface area contributed by atoms with Crippen molar-refractivity contribution in [2.24, 2.45) is 0 Å². The molecule has 0 saturated carbocycles. The molecule has 3 heteroatoms. The molecule has 10 aromatic rings. The fraction of sp³-hybridized carbons (Fsp3) is 0.200. The number of aromatic nitrogens is 2. The smallest absolute Gasteiger partial charge is 0.333 e. The molecule has 8 aromatic carbocycles. The Morgan fingerprint density at radius 2 is 0.984 bits per heavy atom. The second-order valence-electron chi connectivity index (χ2n) is 21.0.